The van der Waals surface area contributed by atoms with Gasteiger partial charge in [0.15, 0.2) is 0 Å². The highest BCUT2D eigenvalue weighted by atomic mass is 16.5. The lowest BCUT2D eigenvalue weighted by atomic mass is 9.82. The molecule has 0 aromatic heterocycles. The quantitative estimate of drug-likeness (QED) is 0.462. The van der Waals surface area contributed by atoms with Gasteiger partial charge in [-0.15, -0.1) is 0 Å². The Morgan fingerprint density at radius 1 is 0.889 bits per heavy atom. The van der Waals surface area contributed by atoms with Gasteiger partial charge in [-0.3, -0.25) is 4.79 Å². The number of benzene rings is 3. The zero-order valence-corrected chi connectivity index (χ0v) is 21.2. The first-order chi connectivity index (χ1) is 17.3. The summed E-state index contributed by atoms with van der Waals surface area (Å²) in [5.74, 6) is 1.56. The van der Waals surface area contributed by atoms with Gasteiger partial charge in [-0.1, -0.05) is 24.3 Å². The van der Waals surface area contributed by atoms with Gasteiger partial charge in [0.05, 0.1) is 38.3 Å². The molecule has 0 bridgehead atoms. The Bertz CT molecular complexity index is 1230. The van der Waals surface area contributed by atoms with E-state index in [2.05, 4.69) is 5.32 Å². The van der Waals surface area contributed by atoms with Crippen molar-refractivity contribution in [2.45, 2.75) is 37.8 Å². The fraction of sp³-hybridized carbons (Fsp3) is 0.310. The summed E-state index contributed by atoms with van der Waals surface area (Å²) in [5, 5.41) is 3.25. The minimum atomic E-state index is -0.769. The van der Waals surface area contributed by atoms with E-state index in [-0.39, 0.29) is 18.1 Å². The smallest absolute Gasteiger partial charge is 0.337 e. The predicted octanol–water partition coefficient (Wildman–Crippen LogP) is 5.15. The molecule has 1 aliphatic heterocycles. The third kappa shape index (κ3) is 5.00. The van der Waals surface area contributed by atoms with Gasteiger partial charge in [0, 0.05) is 18.1 Å². The maximum absolute atomic E-state index is 13.6. The Labute approximate surface area is 211 Å². The molecule has 36 heavy (non-hydrogen) atoms. The third-order valence-electron chi connectivity index (χ3n) is 6.70. The number of amides is 1. The molecule has 2 atom stereocenters. The van der Waals surface area contributed by atoms with Crippen molar-refractivity contribution >= 4 is 11.9 Å². The van der Waals surface area contributed by atoms with Gasteiger partial charge in [-0.25, -0.2) is 4.79 Å². The summed E-state index contributed by atoms with van der Waals surface area (Å²) < 4.78 is 21.8. The summed E-state index contributed by atoms with van der Waals surface area (Å²) in [6, 6.07) is 20.0. The highest BCUT2D eigenvalue weighted by molar-refractivity contribution is 5.89. The summed E-state index contributed by atoms with van der Waals surface area (Å²) in [7, 11) is 4.57. The van der Waals surface area contributed by atoms with E-state index in [4.69, 9.17) is 18.9 Å². The lowest BCUT2D eigenvalue weighted by molar-refractivity contribution is -0.126. The van der Waals surface area contributed by atoms with Crippen molar-refractivity contribution in [3.63, 3.8) is 0 Å². The summed E-state index contributed by atoms with van der Waals surface area (Å²) in [5.41, 5.74) is 2.36. The largest absolute Gasteiger partial charge is 0.497 e. The van der Waals surface area contributed by atoms with Crippen molar-refractivity contribution in [2.75, 3.05) is 21.3 Å². The van der Waals surface area contributed by atoms with Gasteiger partial charge in [0.2, 0.25) is 5.91 Å². The van der Waals surface area contributed by atoms with E-state index < -0.39 is 11.4 Å². The normalized spacial score (nSPS) is 16.8. The van der Waals surface area contributed by atoms with Crippen molar-refractivity contribution < 1.29 is 28.5 Å². The first-order valence-corrected chi connectivity index (χ1v) is 11.7. The zero-order valence-electron chi connectivity index (χ0n) is 21.2. The summed E-state index contributed by atoms with van der Waals surface area (Å²) >= 11 is 0. The number of nitrogens with one attached hydrogen (secondary N) is 1. The molecule has 188 valence electrons. The van der Waals surface area contributed by atoms with Crippen LogP contribution in [0.5, 0.6) is 17.2 Å². The van der Waals surface area contributed by atoms with Gasteiger partial charge >= 0.3 is 5.97 Å². The molecule has 4 rings (SSSR count). The number of carbonyl (C=O) groups excluding carboxylic acids is 2. The molecule has 0 unspecified atom stereocenters. The van der Waals surface area contributed by atoms with Crippen LogP contribution in [0.25, 0.3) is 0 Å². The Kier molecular flexibility index (Phi) is 7.20. The molecule has 0 spiro atoms. The monoisotopic (exact) mass is 489 g/mol. The fourth-order valence-electron chi connectivity index (χ4n) is 4.34. The Hall–Kier alpha value is -4.00. The lowest BCUT2D eigenvalue weighted by Crippen LogP contribution is -2.43. The molecule has 0 aliphatic carbocycles. The van der Waals surface area contributed by atoms with Crippen LogP contribution in [0.15, 0.2) is 66.7 Å². The minimum absolute atomic E-state index is 0.0962. The van der Waals surface area contributed by atoms with Crippen LogP contribution in [0.2, 0.25) is 0 Å². The summed E-state index contributed by atoms with van der Waals surface area (Å²) in [6.07, 6.45) is 0.201. The topological polar surface area (TPSA) is 83.1 Å². The first-order valence-electron chi connectivity index (χ1n) is 11.7. The molecule has 0 saturated carbocycles. The molecule has 0 saturated heterocycles. The second kappa shape index (κ2) is 10.3. The van der Waals surface area contributed by atoms with E-state index in [1.165, 1.54) is 7.11 Å². The molecule has 7 nitrogen and oxygen atoms in total. The SMILES string of the molecule is COC(=O)c1ccc([C@H]2C[C@@H](NC(=O)C(C)(C)c3ccc(OC)cc3)c3ccc(OC)cc3O2)cc1. The number of methoxy groups -OCH3 is 3. The van der Waals surface area contributed by atoms with Crippen molar-refractivity contribution in [3.8, 4) is 17.2 Å². The molecule has 1 amide bonds. The highest BCUT2D eigenvalue weighted by Crippen LogP contribution is 2.43. The maximum atomic E-state index is 13.6. The van der Waals surface area contributed by atoms with E-state index >= 15 is 0 Å². The van der Waals surface area contributed by atoms with Crippen molar-refractivity contribution in [3.05, 3.63) is 89.0 Å². The van der Waals surface area contributed by atoms with Gasteiger partial charge in [0.25, 0.3) is 0 Å². The molecular weight excluding hydrogens is 458 g/mol. The number of carbonyl (C=O) groups is 2. The third-order valence-corrected chi connectivity index (χ3v) is 6.70. The predicted molar refractivity (Wildman–Crippen MR) is 136 cm³/mol. The van der Waals surface area contributed by atoms with E-state index in [1.54, 1.807) is 26.4 Å². The Balaban J connectivity index is 1.62. The second-order valence-corrected chi connectivity index (χ2v) is 9.24. The number of esters is 1. The molecule has 3 aromatic carbocycles. The van der Waals surface area contributed by atoms with E-state index in [1.807, 2.05) is 68.4 Å². The molecule has 1 heterocycles. The van der Waals surface area contributed by atoms with Crippen LogP contribution in [0, 0.1) is 0 Å². The minimum Gasteiger partial charge on any atom is -0.497 e. The number of ether oxygens (including phenoxy) is 4. The van der Waals surface area contributed by atoms with E-state index in [0.29, 0.717) is 23.5 Å². The number of rotatable bonds is 7. The van der Waals surface area contributed by atoms with Gasteiger partial charge < -0.3 is 24.3 Å². The van der Waals surface area contributed by atoms with Crippen LogP contribution < -0.4 is 19.5 Å². The number of hydrogen-bond donors (Lipinski definition) is 1. The summed E-state index contributed by atoms with van der Waals surface area (Å²) in [4.78, 5) is 25.4. The molecule has 0 fully saturated rings. The van der Waals surface area contributed by atoms with Crippen LogP contribution in [-0.4, -0.2) is 33.2 Å². The van der Waals surface area contributed by atoms with Crippen molar-refractivity contribution in [1.29, 1.82) is 0 Å². The van der Waals surface area contributed by atoms with Crippen LogP contribution in [-0.2, 0) is 14.9 Å². The first kappa shape index (κ1) is 25.1. The van der Waals surface area contributed by atoms with E-state index in [0.717, 1.165) is 22.4 Å². The molecule has 1 aliphatic rings. The van der Waals surface area contributed by atoms with Crippen molar-refractivity contribution in [1.82, 2.24) is 5.32 Å². The zero-order chi connectivity index (χ0) is 25.9. The Morgan fingerprint density at radius 2 is 1.53 bits per heavy atom. The van der Waals surface area contributed by atoms with Crippen LogP contribution >= 0.6 is 0 Å². The standard InChI is InChI=1S/C29H31NO6/c1-29(2,20-10-12-21(33-3)13-11-20)28(32)30-24-17-25(18-6-8-19(9-7-18)27(31)35-5)36-26-16-22(34-4)14-15-23(24)26/h6-16,24-25H,17H2,1-5H3,(H,30,32)/t24-,25-/m1/s1. The van der Waals surface area contributed by atoms with Gasteiger partial charge in [-0.05, 0) is 61.4 Å². The molecule has 0 radical (unpaired) electrons. The van der Waals surface area contributed by atoms with Gasteiger partial charge in [0.1, 0.15) is 23.4 Å². The highest BCUT2D eigenvalue weighted by Gasteiger charge is 2.36. The molecular formula is C29H31NO6. The average Bonchev–Trinajstić information content (AvgIpc) is 2.92. The van der Waals surface area contributed by atoms with Gasteiger partial charge in [-0.2, -0.15) is 0 Å². The van der Waals surface area contributed by atoms with Crippen molar-refractivity contribution in [2.24, 2.45) is 0 Å². The van der Waals surface area contributed by atoms with Crippen LogP contribution in [0.3, 0.4) is 0 Å². The van der Waals surface area contributed by atoms with E-state index in [9.17, 15) is 9.59 Å². The average molecular weight is 490 g/mol. The number of hydrogen-bond acceptors (Lipinski definition) is 6. The molecule has 3 aromatic rings. The molecule has 7 heteroatoms. The van der Waals surface area contributed by atoms with Crippen LogP contribution in [0.1, 0.15) is 59.5 Å². The maximum Gasteiger partial charge on any atom is 0.337 e. The van der Waals surface area contributed by atoms with Crippen LogP contribution in [0.4, 0.5) is 0 Å². The fourth-order valence-corrected chi connectivity index (χ4v) is 4.34. The molecule has 1 N–H and O–H groups in total. The number of fused-ring (bicyclic) bond motifs is 1. The summed E-state index contributed by atoms with van der Waals surface area (Å²) in [6.45, 7) is 3.81. The lowest BCUT2D eigenvalue weighted by Gasteiger charge is -2.35. The second-order valence-electron chi connectivity index (χ2n) is 9.24. The Morgan fingerprint density at radius 3 is 2.14 bits per heavy atom.